The molecule has 110 valence electrons. The van der Waals surface area contributed by atoms with Crippen molar-refractivity contribution in [1.29, 1.82) is 0 Å². The molecule has 0 spiro atoms. The van der Waals surface area contributed by atoms with Crippen molar-refractivity contribution in [3.05, 3.63) is 23.9 Å². The fourth-order valence-corrected chi connectivity index (χ4v) is 1.92. The maximum absolute atomic E-state index is 11.5. The summed E-state index contributed by atoms with van der Waals surface area (Å²) in [5.74, 6) is -0.194. The second-order valence-electron chi connectivity index (χ2n) is 4.98. The molecule has 1 N–H and O–H groups in total. The number of carbonyl (C=O) groups excluding carboxylic acids is 1. The van der Waals surface area contributed by atoms with E-state index >= 15 is 0 Å². The van der Waals surface area contributed by atoms with Gasteiger partial charge in [-0.15, -0.1) is 0 Å². The van der Waals surface area contributed by atoms with Crippen molar-refractivity contribution in [2.75, 3.05) is 25.1 Å². The van der Waals surface area contributed by atoms with Crippen LogP contribution >= 0.6 is 0 Å². The molecule has 0 amide bonds. The zero-order chi connectivity index (χ0) is 14.6. The Balaban J connectivity index is 1.84. The van der Waals surface area contributed by atoms with Gasteiger partial charge < -0.3 is 19.5 Å². The van der Waals surface area contributed by atoms with Gasteiger partial charge in [-0.05, 0) is 32.9 Å². The topological polar surface area (TPSA) is 69.7 Å². The molecule has 1 fully saturated rings. The van der Waals surface area contributed by atoms with Gasteiger partial charge in [-0.25, -0.2) is 9.78 Å². The van der Waals surface area contributed by atoms with Crippen molar-refractivity contribution in [1.82, 2.24) is 4.98 Å². The quantitative estimate of drug-likeness (QED) is 0.830. The Morgan fingerprint density at radius 2 is 2.35 bits per heavy atom. The molecule has 2 heterocycles. The summed E-state index contributed by atoms with van der Waals surface area (Å²) >= 11 is 0. The molecule has 1 unspecified atom stereocenters. The van der Waals surface area contributed by atoms with Crippen LogP contribution in [0.15, 0.2) is 18.3 Å². The van der Waals surface area contributed by atoms with E-state index in [2.05, 4.69) is 10.3 Å². The fourth-order valence-electron chi connectivity index (χ4n) is 1.92. The minimum absolute atomic E-state index is 0.00321. The number of hydrogen-bond acceptors (Lipinski definition) is 6. The third kappa shape index (κ3) is 3.91. The summed E-state index contributed by atoms with van der Waals surface area (Å²) in [6.45, 7) is 7.06. The molecule has 20 heavy (non-hydrogen) atoms. The van der Waals surface area contributed by atoms with Crippen molar-refractivity contribution >= 4 is 11.8 Å². The average molecular weight is 280 g/mol. The maximum atomic E-state index is 11.5. The number of anilines is 1. The third-order valence-electron chi connectivity index (χ3n) is 2.85. The summed E-state index contributed by atoms with van der Waals surface area (Å²) in [7, 11) is 0. The first kappa shape index (κ1) is 14.7. The van der Waals surface area contributed by atoms with Crippen LogP contribution in [0.4, 0.5) is 5.82 Å². The second-order valence-corrected chi connectivity index (χ2v) is 4.98. The van der Waals surface area contributed by atoms with Crippen LogP contribution in [-0.2, 0) is 14.2 Å². The number of carbonyl (C=O) groups is 1. The predicted molar refractivity (Wildman–Crippen MR) is 73.6 cm³/mol. The zero-order valence-corrected chi connectivity index (χ0v) is 12.0. The lowest BCUT2D eigenvalue weighted by molar-refractivity contribution is -0.136. The van der Waals surface area contributed by atoms with Crippen LogP contribution in [0.2, 0.25) is 0 Å². The highest BCUT2D eigenvalue weighted by Gasteiger charge is 2.32. The first-order chi connectivity index (χ1) is 9.50. The van der Waals surface area contributed by atoms with Crippen molar-refractivity contribution in [2.45, 2.75) is 32.7 Å². The minimum atomic E-state index is -0.520. The zero-order valence-electron chi connectivity index (χ0n) is 12.0. The largest absolute Gasteiger partial charge is 0.462 e. The van der Waals surface area contributed by atoms with Crippen molar-refractivity contribution in [3.63, 3.8) is 0 Å². The van der Waals surface area contributed by atoms with E-state index in [0.29, 0.717) is 31.1 Å². The molecule has 6 nitrogen and oxygen atoms in total. The highest BCUT2D eigenvalue weighted by atomic mass is 16.7. The first-order valence-electron chi connectivity index (χ1n) is 6.69. The van der Waals surface area contributed by atoms with Crippen LogP contribution in [-0.4, -0.2) is 42.6 Å². The van der Waals surface area contributed by atoms with Crippen LogP contribution in [0.5, 0.6) is 0 Å². The van der Waals surface area contributed by atoms with Crippen LogP contribution in [0.3, 0.4) is 0 Å². The molecule has 6 heteroatoms. The van der Waals surface area contributed by atoms with Gasteiger partial charge in [-0.1, -0.05) is 0 Å². The molecule has 1 aromatic heterocycles. The Kier molecular flexibility index (Phi) is 4.57. The summed E-state index contributed by atoms with van der Waals surface area (Å²) in [5.41, 5.74) is 0.444. The Morgan fingerprint density at radius 3 is 2.90 bits per heavy atom. The number of nitrogens with zero attached hydrogens (tertiary/aromatic N) is 1. The van der Waals surface area contributed by atoms with E-state index in [0.717, 1.165) is 0 Å². The lowest BCUT2D eigenvalue weighted by atomic mass is 10.3. The van der Waals surface area contributed by atoms with E-state index in [-0.39, 0.29) is 12.1 Å². The van der Waals surface area contributed by atoms with Gasteiger partial charge in [0.25, 0.3) is 0 Å². The number of ether oxygens (including phenoxy) is 3. The standard InChI is InChI=1S/C14H20N2O4/c1-4-18-13(17)10-5-6-12(15-7-10)16-8-11-9-19-14(2,3)20-11/h5-7,11H,4,8-9H2,1-3H3,(H,15,16). The molecule has 0 radical (unpaired) electrons. The lowest BCUT2D eigenvalue weighted by Crippen LogP contribution is -2.26. The molecule has 0 saturated carbocycles. The van der Waals surface area contributed by atoms with Crippen LogP contribution in [0.25, 0.3) is 0 Å². The Morgan fingerprint density at radius 1 is 1.55 bits per heavy atom. The molecule has 2 rings (SSSR count). The van der Waals surface area contributed by atoms with Crippen LogP contribution in [0, 0.1) is 0 Å². The lowest BCUT2D eigenvalue weighted by Gasteiger charge is -2.17. The predicted octanol–water partition coefficient (Wildman–Crippen LogP) is 1.82. The average Bonchev–Trinajstić information content (AvgIpc) is 2.77. The van der Waals surface area contributed by atoms with Gasteiger partial charge in [-0.3, -0.25) is 0 Å². The maximum Gasteiger partial charge on any atom is 0.339 e. The van der Waals surface area contributed by atoms with Gasteiger partial charge in [-0.2, -0.15) is 0 Å². The molecular weight excluding hydrogens is 260 g/mol. The third-order valence-corrected chi connectivity index (χ3v) is 2.85. The highest BCUT2D eigenvalue weighted by molar-refractivity contribution is 5.89. The fraction of sp³-hybridized carbons (Fsp3) is 0.571. The Labute approximate surface area is 118 Å². The molecule has 1 aliphatic heterocycles. The van der Waals surface area contributed by atoms with Gasteiger partial charge >= 0.3 is 5.97 Å². The number of hydrogen-bond donors (Lipinski definition) is 1. The highest BCUT2D eigenvalue weighted by Crippen LogP contribution is 2.22. The van der Waals surface area contributed by atoms with E-state index in [1.165, 1.54) is 6.20 Å². The molecule has 0 bridgehead atoms. The van der Waals surface area contributed by atoms with E-state index < -0.39 is 5.79 Å². The Hall–Kier alpha value is -1.66. The summed E-state index contributed by atoms with van der Waals surface area (Å²) in [6.07, 6.45) is 1.49. The van der Waals surface area contributed by atoms with Gasteiger partial charge in [0.15, 0.2) is 5.79 Å². The van der Waals surface area contributed by atoms with Gasteiger partial charge in [0.2, 0.25) is 0 Å². The second kappa shape index (κ2) is 6.19. The summed E-state index contributed by atoms with van der Waals surface area (Å²) < 4.78 is 16.0. The number of esters is 1. The molecule has 1 aromatic rings. The van der Waals surface area contributed by atoms with Crippen LogP contribution in [0.1, 0.15) is 31.1 Å². The van der Waals surface area contributed by atoms with Crippen molar-refractivity contribution < 1.29 is 19.0 Å². The van der Waals surface area contributed by atoms with E-state index in [1.807, 2.05) is 13.8 Å². The van der Waals surface area contributed by atoms with Crippen molar-refractivity contribution in [2.24, 2.45) is 0 Å². The molecule has 1 aliphatic rings. The van der Waals surface area contributed by atoms with E-state index in [1.54, 1.807) is 19.1 Å². The van der Waals surface area contributed by atoms with Crippen molar-refractivity contribution in [3.8, 4) is 0 Å². The van der Waals surface area contributed by atoms with E-state index in [4.69, 9.17) is 14.2 Å². The monoisotopic (exact) mass is 280 g/mol. The number of nitrogens with one attached hydrogen (secondary N) is 1. The SMILES string of the molecule is CCOC(=O)c1ccc(NCC2COC(C)(C)O2)nc1. The smallest absolute Gasteiger partial charge is 0.339 e. The molecule has 0 aromatic carbocycles. The molecular formula is C14H20N2O4. The van der Waals surface area contributed by atoms with Gasteiger partial charge in [0, 0.05) is 12.7 Å². The number of aromatic nitrogens is 1. The summed E-state index contributed by atoms with van der Waals surface area (Å²) in [6, 6.07) is 3.43. The normalized spacial score (nSPS) is 20.6. The summed E-state index contributed by atoms with van der Waals surface area (Å²) in [5, 5.41) is 3.15. The Bertz CT molecular complexity index is 459. The van der Waals surface area contributed by atoms with E-state index in [9.17, 15) is 4.79 Å². The molecule has 1 saturated heterocycles. The van der Waals surface area contributed by atoms with Gasteiger partial charge in [0.05, 0.1) is 18.8 Å². The summed E-state index contributed by atoms with van der Waals surface area (Å²) in [4.78, 5) is 15.6. The molecule has 1 atom stereocenters. The molecule has 0 aliphatic carbocycles. The minimum Gasteiger partial charge on any atom is -0.462 e. The van der Waals surface area contributed by atoms with Crippen LogP contribution < -0.4 is 5.32 Å². The number of rotatable bonds is 5. The first-order valence-corrected chi connectivity index (χ1v) is 6.69. The number of pyridine rings is 1. The van der Waals surface area contributed by atoms with Gasteiger partial charge in [0.1, 0.15) is 11.9 Å².